The Bertz CT molecular complexity index is 286. The third kappa shape index (κ3) is 5.47. The van der Waals surface area contributed by atoms with Gasteiger partial charge in [0.15, 0.2) is 7.98 Å². The molecule has 114 valence electrons. The minimum absolute atomic E-state index is 0.241. The molecule has 0 spiro atoms. The number of carboxylic acids is 1. The van der Waals surface area contributed by atoms with Crippen molar-refractivity contribution in [2.45, 2.75) is 65.2 Å². The molecule has 20 heavy (non-hydrogen) atoms. The molecule has 0 saturated carbocycles. The highest BCUT2D eigenvalue weighted by Crippen LogP contribution is 2.35. The topological polar surface area (TPSA) is 40.5 Å². The van der Waals surface area contributed by atoms with Crippen molar-refractivity contribution in [1.82, 2.24) is 4.81 Å². The summed E-state index contributed by atoms with van der Waals surface area (Å²) >= 11 is 0. The van der Waals surface area contributed by atoms with Gasteiger partial charge in [0.2, 0.25) is 0 Å². The Morgan fingerprint density at radius 1 is 1.15 bits per heavy atom. The van der Waals surface area contributed by atoms with Crippen molar-refractivity contribution in [3.63, 3.8) is 0 Å². The van der Waals surface area contributed by atoms with Gasteiger partial charge in [-0.15, -0.1) is 0 Å². The van der Waals surface area contributed by atoms with E-state index in [9.17, 15) is 9.90 Å². The van der Waals surface area contributed by atoms with Gasteiger partial charge in [-0.1, -0.05) is 65.2 Å². The summed E-state index contributed by atoms with van der Waals surface area (Å²) in [6.07, 6.45) is 9.75. The minimum atomic E-state index is -0.669. The van der Waals surface area contributed by atoms with E-state index in [0.717, 1.165) is 13.0 Å². The van der Waals surface area contributed by atoms with Gasteiger partial charge >= 0.3 is 5.97 Å². The average molecular weight is 279 g/mol. The monoisotopic (exact) mass is 279 g/mol. The molecule has 4 heteroatoms. The lowest BCUT2D eigenvalue weighted by Gasteiger charge is -2.26. The molecule has 1 aliphatic heterocycles. The number of aliphatic carboxylic acids is 1. The van der Waals surface area contributed by atoms with Crippen molar-refractivity contribution < 1.29 is 9.90 Å². The SMILES string of the molecule is [B]N1CC(C(CCCC)CCCCCC)[C@@H](C(=O)O)C1. The fourth-order valence-electron chi connectivity index (χ4n) is 3.47. The molecule has 1 rings (SSSR count). The number of hydrogen-bond donors (Lipinski definition) is 1. The molecule has 3 nitrogen and oxygen atoms in total. The number of rotatable bonds is 10. The smallest absolute Gasteiger partial charge is 0.308 e. The molecule has 1 aliphatic rings. The Morgan fingerprint density at radius 2 is 1.80 bits per heavy atom. The standard InChI is InChI=1S/C16H30BNO2/c1-3-5-7-8-10-13(9-6-4-2)14-11-18(17)12-15(14)16(19)20/h13-15H,3-12H2,1-2H3,(H,19,20)/t13?,14?,15-/m0/s1. The summed E-state index contributed by atoms with van der Waals surface area (Å²) in [7, 11) is 5.87. The van der Waals surface area contributed by atoms with E-state index in [1.54, 1.807) is 4.81 Å². The summed E-state index contributed by atoms with van der Waals surface area (Å²) in [6, 6.07) is 0. The van der Waals surface area contributed by atoms with Gasteiger partial charge in [-0.3, -0.25) is 4.79 Å². The summed E-state index contributed by atoms with van der Waals surface area (Å²) in [5.41, 5.74) is 0. The predicted octanol–water partition coefficient (Wildman–Crippen LogP) is 3.48. The number of carboxylic acid groups (broad SMARTS) is 1. The van der Waals surface area contributed by atoms with Crippen molar-refractivity contribution in [2.24, 2.45) is 17.8 Å². The molecule has 2 unspecified atom stereocenters. The quantitative estimate of drug-likeness (QED) is 0.491. The van der Waals surface area contributed by atoms with Gasteiger partial charge in [0, 0.05) is 6.54 Å². The van der Waals surface area contributed by atoms with Crippen LogP contribution in [0.2, 0.25) is 0 Å². The van der Waals surface area contributed by atoms with E-state index in [1.807, 2.05) is 0 Å². The van der Waals surface area contributed by atoms with Crippen molar-refractivity contribution in [3.8, 4) is 0 Å². The molecule has 0 aliphatic carbocycles. The maximum absolute atomic E-state index is 11.4. The highest BCUT2D eigenvalue weighted by atomic mass is 16.4. The first kappa shape index (κ1) is 17.5. The van der Waals surface area contributed by atoms with Crippen LogP contribution in [0.15, 0.2) is 0 Å². The molecule has 1 heterocycles. The van der Waals surface area contributed by atoms with Crippen molar-refractivity contribution in [2.75, 3.05) is 13.1 Å². The van der Waals surface area contributed by atoms with E-state index in [-0.39, 0.29) is 11.8 Å². The van der Waals surface area contributed by atoms with Crippen LogP contribution in [0.1, 0.15) is 65.2 Å². The summed E-state index contributed by atoms with van der Waals surface area (Å²) in [5.74, 6) is -0.168. The number of unbranched alkanes of at least 4 members (excludes halogenated alkanes) is 4. The summed E-state index contributed by atoms with van der Waals surface area (Å²) in [4.78, 5) is 13.1. The molecule has 0 aromatic carbocycles. The Morgan fingerprint density at radius 3 is 2.40 bits per heavy atom. The van der Waals surface area contributed by atoms with Crippen molar-refractivity contribution in [3.05, 3.63) is 0 Å². The molecule has 0 aromatic heterocycles. The Hall–Kier alpha value is -0.505. The van der Waals surface area contributed by atoms with E-state index in [0.29, 0.717) is 12.5 Å². The largest absolute Gasteiger partial charge is 0.481 e. The van der Waals surface area contributed by atoms with Crippen LogP contribution in [0.25, 0.3) is 0 Å². The van der Waals surface area contributed by atoms with Gasteiger partial charge in [-0.05, 0) is 18.4 Å². The van der Waals surface area contributed by atoms with Crippen LogP contribution in [0.4, 0.5) is 0 Å². The Balaban J connectivity index is 2.57. The number of nitrogens with zero attached hydrogens (tertiary/aromatic N) is 1. The van der Waals surface area contributed by atoms with Crippen LogP contribution in [0.3, 0.4) is 0 Å². The Kier molecular flexibility index (Phi) is 8.28. The van der Waals surface area contributed by atoms with E-state index in [4.69, 9.17) is 7.98 Å². The molecule has 1 fully saturated rings. The molecule has 0 amide bonds. The zero-order valence-electron chi connectivity index (χ0n) is 13.2. The van der Waals surface area contributed by atoms with Crippen LogP contribution in [0, 0.1) is 17.8 Å². The number of hydrogen-bond acceptors (Lipinski definition) is 2. The Labute approximate surface area is 125 Å². The lowest BCUT2D eigenvalue weighted by molar-refractivity contribution is -0.143. The number of carbonyl (C=O) groups is 1. The molecule has 1 N–H and O–H groups in total. The summed E-state index contributed by atoms with van der Waals surface area (Å²) in [5, 5.41) is 9.40. The van der Waals surface area contributed by atoms with Crippen LogP contribution < -0.4 is 0 Å². The normalized spacial score (nSPS) is 24.9. The van der Waals surface area contributed by atoms with Gasteiger partial charge in [-0.25, -0.2) is 0 Å². The molecule has 3 atom stereocenters. The second kappa shape index (κ2) is 9.43. The maximum atomic E-state index is 11.4. The maximum Gasteiger partial charge on any atom is 0.308 e. The summed E-state index contributed by atoms with van der Waals surface area (Å²) in [6.45, 7) is 5.68. The van der Waals surface area contributed by atoms with Gasteiger partial charge in [0.25, 0.3) is 0 Å². The van der Waals surface area contributed by atoms with Gasteiger partial charge in [0.05, 0.1) is 5.92 Å². The summed E-state index contributed by atoms with van der Waals surface area (Å²) < 4.78 is 0. The molecule has 2 radical (unpaired) electrons. The van der Waals surface area contributed by atoms with E-state index in [2.05, 4.69) is 13.8 Å². The van der Waals surface area contributed by atoms with Gasteiger partial charge in [0.1, 0.15) is 0 Å². The molecular weight excluding hydrogens is 249 g/mol. The average Bonchev–Trinajstić information content (AvgIpc) is 2.80. The molecule has 0 aromatic rings. The highest BCUT2D eigenvalue weighted by molar-refractivity contribution is 6.04. The van der Waals surface area contributed by atoms with Gasteiger partial charge in [-0.2, -0.15) is 0 Å². The van der Waals surface area contributed by atoms with Crippen LogP contribution in [0.5, 0.6) is 0 Å². The van der Waals surface area contributed by atoms with E-state index >= 15 is 0 Å². The zero-order chi connectivity index (χ0) is 15.0. The second-order valence-corrected chi connectivity index (χ2v) is 6.31. The van der Waals surface area contributed by atoms with Crippen LogP contribution in [-0.4, -0.2) is 37.0 Å². The first-order chi connectivity index (χ1) is 9.60. The minimum Gasteiger partial charge on any atom is -0.481 e. The fourth-order valence-corrected chi connectivity index (χ4v) is 3.47. The molecular formula is C16H30BNO2. The second-order valence-electron chi connectivity index (χ2n) is 6.31. The molecule has 1 saturated heterocycles. The van der Waals surface area contributed by atoms with Crippen LogP contribution >= 0.6 is 0 Å². The lowest BCUT2D eigenvalue weighted by Crippen LogP contribution is -2.28. The highest BCUT2D eigenvalue weighted by Gasteiger charge is 2.39. The predicted molar refractivity (Wildman–Crippen MR) is 83.7 cm³/mol. The zero-order valence-corrected chi connectivity index (χ0v) is 13.2. The van der Waals surface area contributed by atoms with Gasteiger partial charge < -0.3 is 9.92 Å². The van der Waals surface area contributed by atoms with E-state index in [1.165, 1.54) is 44.9 Å². The third-order valence-corrected chi connectivity index (χ3v) is 4.67. The van der Waals surface area contributed by atoms with E-state index < -0.39 is 5.97 Å². The first-order valence-electron chi connectivity index (χ1n) is 8.32. The third-order valence-electron chi connectivity index (χ3n) is 4.67. The molecule has 0 bridgehead atoms. The van der Waals surface area contributed by atoms with Crippen molar-refractivity contribution in [1.29, 1.82) is 0 Å². The lowest BCUT2D eigenvalue weighted by atomic mass is 9.78. The van der Waals surface area contributed by atoms with Crippen LogP contribution in [-0.2, 0) is 4.79 Å². The fraction of sp³-hybridized carbons (Fsp3) is 0.938. The van der Waals surface area contributed by atoms with Crippen molar-refractivity contribution >= 4 is 14.0 Å². The first-order valence-corrected chi connectivity index (χ1v) is 8.32.